The summed E-state index contributed by atoms with van der Waals surface area (Å²) in [4.78, 5) is 11.6. The van der Waals surface area contributed by atoms with E-state index in [-0.39, 0.29) is 18.5 Å². The van der Waals surface area contributed by atoms with Crippen LogP contribution >= 0.6 is 0 Å². The first-order valence-corrected chi connectivity index (χ1v) is 7.76. The Morgan fingerprint density at radius 2 is 2.05 bits per heavy atom. The zero-order chi connectivity index (χ0) is 14.6. The smallest absolute Gasteiger partial charge is 0.311 e. The molecule has 20 heavy (non-hydrogen) atoms. The van der Waals surface area contributed by atoms with Crippen molar-refractivity contribution < 1.29 is 23.5 Å². The van der Waals surface area contributed by atoms with Gasteiger partial charge in [-0.05, 0) is 33.1 Å². The Morgan fingerprint density at radius 1 is 1.35 bits per heavy atom. The highest BCUT2D eigenvalue weighted by atomic mass is 16.7. The number of likely N-dealkylation sites (tertiary alicyclic amines) is 1. The Bertz CT molecular complexity index is 341. The molecule has 0 radical (unpaired) electrons. The second-order valence-electron chi connectivity index (χ2n) is 6.48. The van der Waals surface area contributed by atoms with E-state index in [0.29, 0.717) is 13.2 Å². The third-order valence-electron chi connectivity index (χ3n) is 4.30. The van der Waals surface area contributed by atoms with Gasteiger partial charge in [0.25, 0.3) is 0 Å². The number of hydrogen-bond acceptors (Lipinski definition) is 4. The maximum absolute atomic E-state index is 11.6. The Kier molecular flexibility index (Phi) is 5.04. The average molecular weight is 286 g/mol. The zero-order valence-electron chi connectivity index (χ0n) is 13.0. The van der Waals surface area contributed by atoms with E-state index in [4.69, 9.17) is 14.2 Å². The number of carbonyl (C=O) groups is 1. The van der Waals surface area contributed by atoms with Gasteiger partial charge in [-0.25, -0.2) is 0 Å². The molecule has 0 aromatic rings. The number of nitrogens with zero attached hydrogens (tertiary/aromatic N) is 1. The second-order valence-corrected chi connectivity index (χ2v) is 6.48. The molecule has 2 rings (SSSR count). The van der Waals surface area contributed by atoms with Crippen LogP contribution in [-0.4, -0.2) is 62.2 Å². The highest BCUT2D eigenvalue weighted by molar-refractivity contribution is 5.70. The van der Waals surface area contributed by atoms with Gasteiger partial charge < -0.3 is 18.7 Å². The molecule has 0 aliphatic carbocycles. The summed E-state index contributed by atoms with van der Waals surface area (Å²) in [6.45, 7) is 8.01. The summed E-state index contributed by atoms with van der Waals surface area (Å²) in [6, 6.07) is 0. The van der Waals surface area contributed by atoms with Crippen molar-refractivity contribution in [3.63, 3.8) is 0 Å². The molecule has 0 aromatic heterocycles. The number of likely N-dealkylation sites (N-methyl/N-ethyl adjacent to an activating group) is 1. The van der Waals surface area contributed by atoms with Crippen LogP contribution in [0.5, 0.6) is 0 Å². The largest absolute Gasteiger partial charge is 0.466 e. The fraction of sp³-hybridized carbons (Fsp3) is 0.933. The molecule has 2 aliphatic heterocycles. The Hall–Kier alpha value is -0.650. The Morgan fingerprint density at radius 3 is 2.70 bits per heavy atom. The van der Waals surface area contributed by atoms with E-state index in [1.807, 2.05) is 6.92 Å². The number of quaternary nitrogens is 1. The van der Waals surface area contributed by atoms with Crippen LogP contribution in [0.3, 0.4) is 0 Å². The molecule has 2 fully saturated rings. The highest BCUT2D eigenvalue weighted by Gasteiger charge is 2.42. The topological polar surface area (TPSA) is 44.8 Å². The van der Waals surface area contributed by atoms with Crippen molar-refractivity contribution in [3.05, 3.63) is 0 Å². The summed E-state index contributed by atoms with van der Waals surface area (Å²) in [5, 5.41) is 0. The highest BCUT2D eigenvalue weighted by Crippen LogP contribution is 2.29. The van der Waals surface area contributed by atoms with E-state index in [2.05, 4.69) is 7.05 Å². The van der Waals surface area contributed by atoms with Gasteiger partial charge in [0.05, 0.1) is 39.8 Å². The van der Waals surface area contributed by atoms with Crippen LogP contribution in [0.15, 0.2) is 0 Å². The molecule has 2 atom stereocenters. The lowest BCUT2D eigenvalue weighted by Gasteiger charge is -2.39. The molecule has 2 aliphatic rings. The van der Waals surface area contributed by atoms with E-state index in [1.165, 1.54) is 32.4 Å². The molecule has 0 amide bonds. The van der Waals surface area contributed by atoms with Gasteiger partial charge in [0.1, 0.15) is 12.6 Å². The van der Waals surface area contributed by atoms with Crippen LogP contribution in [0.4, 0.5) is 0 Å². The first kappa shape index (κ1) is 15.7. The molecule has 2 saturated heterocycles. The number of carbonyl (C=O) groups excluding carboxylic acids is 1. The lowest BCUT2D eigenvalue weighted by atomic mass is 10.1. The van der Waals surface area contributed by atoms with Gasteiger partial charge in [-0.2, -0.15) is 0 Å². The molecule has 0 spiro atoms. The van der Waals surface area contributed by atoms with E-state index >= 15 is 0 Å². The van der Waals surface area contributed by atoms with Crippen molar-refractivity contribution in [2.24, 2.45) is 0 Å². The number of ether oxygens (including phenoxy) is 3. The van der Waals surface area contributed by atoms with Gasteiger partial charge >= 0.3 is 5.97 Å². The minimum absolute atomic E-state index is 0.0810. The molecule has 0 saturated carbocycles. The van der Waals surface area contributed by atoms with Crippen LogP contribution in [-0.2, 0) is 19.0 Å². The number of rotatable bonds is 5. The second kappa shape index (κ2) is 6.41. The lowest BCUT2D eigenvalue weighted by molar-refractivity contribution is -0.916. The maximum Gasteiger partial charge on any atom is 0.311 e. The summed E-state index contributed by atoms with van der Waals surface area (Å²) in [6.07, 6.45) is 4.18. The third kappa shape index (κ3) is 4.17. The number of hydrogen-bond donors (Lipinski definition) is 0. The quantitative estimate of drug-likeness (QED) is 0.570. The predicted octanol–water partition coefficient (Wildman–Crippen LogP) is 1.70. The lowest BCUT2D eigenvalue weighted by Crippen LogP contribution is -2.52. The van der Waals surface area contributed by atoms with E-state index in [9.17, 15) is 4.79 Å². The fourth-order valence-electron chi connectivity index (χ4n) is 3.30. The van der Waals surface area contributed by atoms with E-state index < -0.39 is 5.79 Å². The van der Waals surface area contributed by atoms with Gasteiger partial charge in [0, 0.05) is 0 Å². The first-order chi connectivity index (χ1) is 9.45. The standard InChI is InChI=1S/C15H28NO4/c1-4-18-14(17)10-15(2)19-12-13(20-15)11-16(3)8-6-5-7-9-16/h13H,4-12H2,1-3H3/q+1/t13-,15-/m1/s1. The van der Waals surface area contributed by atoms with Crippen molar-refractivity contribution in [2.75, 3.05) is 39.9 Å². The van der Waals surface area contributed by atoms with Crippen molar-refractivity contribution in [1.82, 2.24) is 0 Å². The van der Waals surface area contributed by atoms with Crippen LogP contribution in [0.25, 0.3) is 0 Å². The monoisotopic (exact) mass is 286 g/mol. The Labute approximate surface area is 121 Å². The van der Waals surface area contributed by atoms with E-state index in [0.717, 1.165) is 11.0 Å². The molecule has 2 heterocycles. The molecule has 0 aromatic carbocycles. The summed E-state index contributed by atoms with van der Waals surface area (Å²) in [5.41, 5.74) is 0. The molecular formula is C15H28NO4+. The van der Waals surface area contributed by atoms with Crippen LogP contribution in [0, 0.1) is 0 Å². The van der Waals surface area contributed by atoms with Gasteiger partial charge in [0.15, 0.2) is 5.79 Å². The van der Waals surface area contributed by atoms with Crippen LogP contribution in [0.1, 0.15) is 39.5 Å². The van der Waals surface area contributed by atoms with Crippen molar-refractivity contribution in [3.8, 4) is 0 Å². The van der Waals surface area contributed by atoms with Crippen LogP contribution in [0.2, 0.25) is 0 Å². The SMILES string of the molecule is CCOC(=O)C[C@]1(C)OC[C@@H](C[N+]2(C)CCCCC2)O1. The normalized spacial score (nSPS) is 33.0. The molecule has 0 bridgehead atoms. The van der Waals surface area contributed by atoms with Gasteiger partial charge in [0.2, 0.25) is 0 Å². The minimum Gasteiger partial charge on any atom is -0.466 e. The maximum atomic E-state index is 11.6. The van der Waals surface area contributed by atoms with E-state index in [1.54, 1.807) is 6.92 Å². The molecular weight excluding hydrogens is 258 g/mol. The fourth-order valence-corrected chi connectivity index (χ4v) is 3.30. The van der Waals surface area contributed by atoms with Gasteiger partial charge in [-0.15, -0.1) is 0 Å². The summed E-state index contributed by atoms with van der Waals surface area (Å²) in [7, 11) is 2.30. The zero-order valence-corrected chi connectivity index (χ0v) is 13.0. The summed E-state index contributed by atoms with van der Waals surface area (Å²) < 4.78 is 17.7. The Balaban J connectivity index is 1.83. The third-order valence-corrected chi connectivity index (χ3v) is 4.30. The minimum atomic E-state index is -0.814. The number of piperidine rings is 1. The van der Waals surface area contributed by atoms with Crippen molar-refractivity contribution in [1.29, 1.82) is 0 Å². The summed E-state index contributed by atoms with van der Waals surface area (Å²) in [5.74, 6) is -1.07. The first-order valence-electron chi connectivity index (χ1n) is 7.76. The average Bonchev–Trinajstić information content (AvgIpc) is 2.70. The van der Waals surface area contributed by atoms with Crippen LogP contribution < -0.4 is 0 Å². The predicted molar refractivity (Wildman–Crippen MR) is 75.1 cm³/mol. The van der Waals surface area contributed by atoms with Gasteiger partial charge in [-0.1, -0.05) is 0 Å². The number of esters is 1. The molecule has 116 valence electrons. The van der Waals surface area contributed by atoms with Gasteiger partial charge in [-0.3, -0.25) is 4.79 Å². The molecule has 5 heteroatoms. The molecule has 0 unspecified atom stereocenters. The summed E-state index contributed by atoms with van der Waals surface area (Å²) >= 11 is 0. The molecule has 5 nitrogen and oxygen atoms in total. The van der Waals surface area contributed by atoms with Crippen molar-refractivity contribution >= 4 is 5.97 Å². The van der Waals surface area contributed by atoms with Crippen molar-refractivity contribution in [2.45, 2.75) is 51.4 Å². The molecule has 0 N–H and O–H groups in total.